The minimum atomic E-state index is -1.55. The number of rotatable bonds is 30. The van der Waals surface area contributed by atoms with Gasteiger partial charge in [-0.05, 0) is 69.1 Å². The van der Waals surface area contributed by atoms with E-state index >= 15 is 0 Å². The molecule has 2 unspecified atom stereocenters. The second-order valence-corrected chi connectivity index (χ2v) is 25.6. The largest absolute Gasteiger partial charge is 3.00 e. The van der Waals surface area contributed by atoms with E-state index in [1.807, 2.05) is 0 Å². The molecule has 4 amide bonds. The van der Waals surface area contributed by atoms with Crippen molar-refractivity contribution in [3.63, 3.8) is 0 Å². The van der Waals surface area contributed by atoms with Crippen molar-refractivity contribution in [2.75, 3.05) is 171 Å². The number of hydrogen-bond donors (Lipinski definition) is 4. The van der Waals surface area contributed by atoms with Crippen molar-refractivity contribution in [1.29, 1.82) is 0 Å². The minimum Gasteiger partial charge on any atom is -0.549 e. The second kappa shape index (κ2) is 49.2. The van der Waals surface area contributed by atoms with E-state index in [9.17, 15) is 98.4 Å². The molecular formula is C73H80Gd2N12Na2O24. The Balaban J connectivity index is 0.00000673. The van der Waals surface area contributed by atoms with Gasteiger partial charge in [0.1, 0.15) is 23.0 Å². The van der Waals surface area contributed by atoms with E-state index in [2.05, 4.69) is 21.7 Å². The quantitative estimate of drug-likeness (QED) is 0.0240. The number of carboxylic acids is 8. The van der Waals surface area contributed by atoms with Crippen molar-refractivity contribution in [1.82, 2.24) is 60.9 Å². The molecule has 2 aliphatic heterocycles. The number of carbonyl (C=O) groups excluding carboxylic acids is 12. The Morgan fingerprint density at radius 2 is 0.619 bits per heavy atom. The molecule has 0 saturated carbocycles. The fourth-order valence-corrected chi connectivity index (χ4v) is 13.0. The molecule has 4 N–H and O–H groups in total. The van der Waals surface area contributed by atoms with Crippen molar-refractivity contribution >= 4 is 92.9 Å². The van der Waals surface area contributed by atoms with Gasteiger partial charge in [0, 0.05) is 162 Å². The van der Waals surface area contributed by atoms with Crippen LogP contribution in [0.25, 0.3) is 21.5 Å². The topological polar surface area (TPSA) is 500 Å². The van der Waals surface area contributed by atoms with E-state index in [-0.39, 0.29) is 295 Å². The Morgan fingerprint density at radius 1 is 0.363 bits per heavy atom. The number of hydrazine groups is 2. The molecule has 113 heavy (non-hydrogen) atoms. The zero-order valence-electron chi connectivity index (χ0n) is 62.3. The van der Waals surface area contributed by atoms with Gasteiger partial charge in [-0.2, -0.15) is 0 Å². The molecule has 594 valence electrons. The van der Waals surface area contributed by atoms with Gasteiger partial charge in [-0.3, -0.25) is 80.1 Å². The van der Waals surface area contributed by atoms with Gasteiger partial charge < -0.3 is 98.2 Å². The Kier molecular flexibility index (Phi) is 42.8. The molecule has 6 aromatic rings. The molecule has 0 bridgehead atoms. The SMILES string of the molecule is COc1c(C(=O)NNC(=O)COc2ccc(C(C(=O)[O-])N3CCN(CC(=O)[O-])CCN(CC(=O)[O-])CCN(CC(=O)[O-])CC3)cc2)cc2ccccc2c1Cc1c(OC)c(C(=O)NNC(=O)COc2ccc(C(C(=O)[O-])N3CCN(CC(=O)[O-])CCN(CC(=O)[O-])CCN(CC(=O)[O-])CC3)cc2)cc2ccccc12.[Gd+3].[Gd+3].[Na+].[Na+]. The van der Waals surface area contributed by atoms with E-state index in [0.29, 0.717) is 32.7 Å². The zero-order valence-corrected chi connectivity index (χ0v) is 70.8. The first kappa shape index (κ1) is 98.4. The van der Waals surface area contributed by atoms with Crippen molar-refractivity contribution in [3.8, 4) is 23.0 Å². The smallest absolute Gasteiger partial charge is 0.549 e. The molecular weight excluding hydrogens is 1790 g/mol. The third kappa shape index (κ3) is 30.5. The van der Waals surface area contributed by atoms with Gasteiger partial charge in [0.25, 0.3) is 23.6 Å². The summed E-state index contributed by atoms with van der Waals surface area (Å²) in [5.74, 6) is -14.6. The first-order chi connectivity index (χ1) is 52.2. The number of ether oxygens (including phenoxy) is 4. The molecule has 6 aromatic carbocycles. The van der Waals surface area contributed by atoms with E-state index in [4.69, 9.17) is 18.9 Å². The zero-order chi connectivity index (χ0) is 78.8. The molecule has 0 aliphatic carbocycles. The Bertz CT molecular complexity index is 3960. The van der Waals surface area contributed by atoms with Crippen LogP contribution in [-0.2, 0) is 54.4 Å². The number of hydrogen-bond acceptors (Lipinski definition) is 32. The second-order valence-electron chi connectivity index (χ2n) is 25.6. The first-order valence-electron chi connectivity index (χ1n) is 34.4. The summed E-state index contributed by atoms with van der Waals surface area (Å²) in [7, 11) is 2.68. The maximum Gasteiger partial charge on any atom is 3.00 e. The maximum atomic E-state index is 14.2. The summed E-state index contributed by atoms with van der Waals surface area (Å²) < 4.78 is 23.4. The van der Waals surface area contributed by atoms with Crippen LogP contribution in [0, 0.1) is 79.9 Å². The van der Waals surface area contributed by atoms with Crippen LogP contribution in [0.15, 0.2) is 109 Å². The molecule has 0 aromatic heterocycles. The van der Waals surface area contributed by atoms with Crippen LogP contribution in [0.4, 0.5) is 0 Å². The summed E-state index contributed by atoms with van der Waals surface area (Å²) in [6.45, 7) is -4.74. The first-order valence-corrected chi connectivity index (χ1v) is 34.4. The van der Waals surface area contributed by atoms with Crippen molar-refractivity contribution < 1.29 is 256 Å². The molecule has 2 atom stereocenters. The van der Waals surface area contributed by atoms with Gasteiger partial charge in [-0.15, -0.1) is 0 Å². The van der Waals surface area contributed by atoms with Crippen molar-refractivity contribution in [2.45, 2.75) is 18.5 Å². The summed E-state index contributed by atoms with van der Waals surface area (Å²) in [6, 6.07) is 25.4. The number of nitrogens with one attached hydrogen (secondary N) is 4. The van der Waals surface area contributed by atoms with Gasteiger partial charge in [0.2, 0.25) is 0 Å². The predicted molar refractivity (Wildman–Crippen MR) is 366 cm³/mol. The molecule has 2 saturated heterocycles. The molecule has 0 spiro atoms. The molecule has 2 heterocycles. The number of amides is 4. The molecule has 2 radical (unpaired) electrons. The van der Waals surface area contributed by atoms with E-state index in [1.165, 1.54) is 102 Å². The number of benzene rings is 6. The van der Waals surface area contributed by atoms with Crippen LogP contribution in [0.1, 0.15) is 55.1 Å². The summed E-state index contributed by atoms with van der Waals surface area (Å²) >= 11 is 0. The van der Waals surface area contributed by atoms with Crippen LogP contribution < -0.4 is 141 Å². The van der Waals surface area contributed by atoms with E-state index in [0.717, 1.165) is 0 Å². The van der Waals surface area contributed by atoms with Crippen LogP contribution in [0.2, 0.25) is 0 Å². The third-order valence-electron chi connectivity index (χ3n) is 18.3. The number of methoxy groups -OCH3 is 2. The van der Waals surface area contributed by atoms with E-state index < -0.39 is 136 Å². The van der Waals surface area contributed by atoms with Crippen LogP contribution in [-0.4, -0.2) is 282 Å². The van der Waals surface area contributed by atoms with Crippen LogP contribution >= 0.6 is 0 Å². The number of carboxylic acid groups (broad SMARTS) is 8. The van der Waals surface area contributed by atoms with Crippen molar-refractivity contribution in [2.24, 2.45) is 0 Å². The standard InChI is InChI=1S/C73H88N12O24.2Gd.2Na/c1-106-68-54(52-9-5-3-7-48(52)35-56(68)70(100)76-74-58(86)44-108-50-15-11-46(12-16-50)66(72(102)103)84-31-27-80(40-62(92)93)23-19-78(38-60(88)89)20-24-81(28-32-84)41-63(94)95)37-55-53-10-6-4-8-49(53)36-57(69(55)107-2)71(101)77-75-59(87)45-109-51-17-13-47(14-18-51)67(73(104)105)85-33-29-82(42-64(96)97)25-21-79(39-61(90)91)22-26-83(30-34-85)43-65(98)99;;;;/h3-18,35-36,66-67H,19-34,37-45H2,1-2H3,(H,74,86)(H,75,87)(H,76,100)(H,77,101)(H,88,89)(H,90,91)(H,92,93)(H,94,95)(H,96,97)(H,98,99)(H,102,103)(H,104,105);;;;/q;2*+3;2*+1/p-8. The number of carbonyl (C=O) groups is 12. The van der Waals surface area contributed by atoms with Gasteiger partial charge in [0.05, 0.1) is 85.2 Å². The van der Waals surface area contributed by atoms with Crippen LogP contribution in [0.5, 0.6) is 23.0 Å². The van der Waals surface area contributed by atoms with Gasteiger partial charge >= 0.3 is 139 Å². The maximum absolute atomic E-state index is 14.2. The monoisotopic (exact) mass is 1870 g/mol. The summed E-state index contributed by atoms with van der Waals surface area (Å²) in [6.07, 6.45) is -0.0415. The fourth-order valence-electron chi connectivity index (χ4n) is 13.0. The third-order valence-corrected chi connectivity index (χ3v) is 18.3. The van der Waals surface area contributed by atoms with Crippen LogP contribution in [0.3, 0.4) is 0 Å². The average Bonchev–Trinajstić information content (AvgIpc) is 0.755. The summed E-state index contributed by atoms with van der Waals surface area (Å²) in [4.78, 5) is 163. The normalized spacial score (nSPS) is 15.5. The van der Waals surface area contributed by atoms with E-state index in [1.54, 1.807) is 60.7 Å². The minimum absolute atomic E-state index is 0. The molecule has 40 heteroatoms. The fraction of sp³-hybridized carbons (Fsp3) is 0.397. The average molecular weight is 1870 g/mol. The number of fused-ring (bicyclic) bond motifs is 2. The molecule has 2 fully saturated rings. The van der Waals surface area contributed by atoms with Gasteiger partial charge in [0.15, 0.2) is 13.2 Å². The predicted octanol–water partition coefficient (Wildman–Crippen LogP) is -16.2. The molecule has 36 nitrogen and oxygen atoms in total. The summed E-state index contributed by atoms with van der Waals surface area (Å²) in [5, 5.41) is 98.2. The Hall–Kier alpha value is -6.99. The van der Waals surface area contributed by atoms with Crippen molar-refractivity contribution in [3.05, 3.63) is 143 Å². The molecule has 8 rings (SSSR count). The number of nitrogens with zero attached hydrogens (tertiary/aromatic N) is 8. The number of aliphatic carboxylic acids is 8. The van der Waals surface area contributed by atoms with Gasteiger partial charge in [-0.1, -0.05) is 72.8 Å². The Morgan fingerprint density at radius 3 is 0.867 bits per heavy atom. The molecule has 2 aliphatic rings. The van der Waals surface area contributed by atoms with Gasteiger partial charge in [-0.25, -0.2) is 0 Å². The Labute approximate surface area is 757 Å². The summed E-state index contributed by atoms with van der Waals surface area (Å²) in [5.41, 5.74) is 10.6.